The van der Waals surface area contributed by atoms with Gasteiger partial charge in [-0.3, -0.25) is 4.90 Å². The van der Waals surface area contributed by atoms with Gasteiger partial charge in [-0.05, 0) is 77.0 Å². The van der Waals surface area contributed by atoms with E-state index in [-0.39, 0.29) is 0 Å². The van der Waals surface area contributed by atoms with Crippen LogP contribution in [0.25, 0.3) is 0 Å². The Morgan fingerprint density at radius 3 is 2.50 bits per heavy atom. The van der Waals surface area contributed by atoms with Crippen molar-refractivity contribution in [3.05, 3.63) is 0 Å². The standard InChI is InChI=1S/C17H33N3/c1-2-10-19-12-8-17(14-18,9-13-19)20-11-4-6-15-5-3-7-16(15)20/h15-16H,2-14,18H2,1H3. The smallest absolute Gasteiger partial charge is 0.0359 e. The molecule has 116 valence electrons. The summed E-state index contributed by atoms with van der Waals surface area (Å²) in [6.45, 7) is 8.27. The summed E-state index contributed by atoms with van der Waals surface area (Å²) in [6, 6.07) is 0.866. The Balaban J connectivity index is 1.69. The van der Waals surface area contributed by atoms with Crippen molar-refractivity contribution in [1.29, 1.82) is 0 Å². The summed E-state index contributed by atoms with van der Waals surface area (Å²) in [5, 5.41) is 0. The van der Waals surface area contributed by atoms with E-state index in [0.29, 0.717) is 5.54 Å². The zero-order valence-electron chi connectivity index (χ0n) is 13.3. The topological polar surface area (TPSA) is 32.5 Å². The third-order valence-corrected chi connectivity index (χ3v) is 6.31. The molecule has 0 aromatic rings. The van der Waals surface area contributed by atoms with Gasteiger partial charge in [0.15, 0.2) is 0 Å². The normalized spacial score (nSPS) is 35.1. The van der Waals surface area contributed by atoms with Crippen LogP contribution in [0.15, 0.2) is 0 Å². The molecule has 1 aliphatic carbocycles. The molecule has 3 nitrogen and oxygen atoms in total. The van der Waals surface area contributed by atoms with Gasteiger partial charge in [-0.2, -0.15) is 0 Å². The first-order valence-corrected chi connectivity index (χ1v) is 8.98. The van der Waals surface area contributed by atoms with Crippen molar-refractivity contribution in [3.63, 3.8) is 0 Å². The zero-order chi connectivity index (χ0) is 14.0. The minimum absolute atomic E-state index is 0.331. The lowest BCUT2D eigenvalue weighted by Gasteiger charge is -2.54. The number of fused-ring (bicyclic) bond motifs is 1. The average molecular weight is 279 g/mol. The zero-order valence-corrected chi connectivity index (χ0v) is 13.3. The largest absolute Gasteiger partial charge is 0.329 e. The number of piperidine rings is 2. The third kappa shape index (κ3) is 2.65. The maximum atomic E-state index is 6.31. The molecule has 3 aliphatic rings. The number of hydrogen-bond donors (Lipinski definition) is 1. The molecular weight excluding hydrogens is 246 g/mol. The second-order valence-corrected chi connectivity index (χ2v) is 7.36. The van der Waals surface area contributed by atoms with Gasteiger partial charge in [0.25, 0.3) is 0 Å². The van der Waals surface area contributed by atoms with Crippen LogP contribution in [-0.2, 0) is 0 Å². The van der Waals surface area contributed by atoms with Crippen molar-refractivity contribution in [2.45, 2.75) is 69.9 Å². The molecule has 2 N–H and O–H groups in total. The second kappa shape index (κ2) is 6.33. The highest BCUT2D eigenvalue weighted by Crippen LogP contribution is 2.42. The molecule has 3 rings (SSSR count). The Morgan fingerprint density at radius 2 is 1.80 bits per heavy atom. The fraction of sp³-hybridized carbons (Fsp3) is 1.00. The molecule has 0 spiro atoms. The molecule has 0 bridgehead atoms. The number of hydrogen-bond acceptors (Lipinski definition) is 3. The molecule has 2 aliphatic heterocycles. The van der Waals surface area contributed by atoms with Crippen LogP contribution in [0.2, 0.25) is 0 Å². The molecule has 0 amide bonds. The van der Waals surface area contributed by atoms with E-state index in [2.05, 4.69) is 16.7 Å². The van der Waals surface area contributed by atoms with Crippen LogP contribution in [0, 0.1) is 5.92 Å². The molecule has 2 heterocycles. The third-order valence-electron chi connectivity index (χ3n) is 6.31. The maximum Gasteiger partial charge on any atom is 0.0359 e. The van der Waals surface area contributed by atoms with E-state index in [1.54, 1.807) is 0 Å². The SMILES string of the molecule is CCCN1CCC(CN)(N2CCCC3CCCC32)CC1. The summed E-state index contributed by atoms with van der Waals surface area (Å²) < 4.78 is 0. The van der Waals surface area contributed by atoms with E-state index >= 15 is 0 Å². The molecule has 20 heavy (non-hydrogen) atoms. The molecule has 0 aromatic carbocycles. The fourth-order valence-electron chi connectivity index (χ4n) is 5.16. The van der Waals surface area contributed by atoms with Gasteiger partial charge in [-0.1, -0.05) is 13.3 Å². The van der Waals surface area contributed by atoms with E-state index in [9.17, 15) is 0 Å². The molecule has 2 saturated heterocycles. The fourth-order valence-corrected chi connectivity index (χ4v) is 5.16. The van der Waals surface area contributed by atoms with Gasteiger partial charge < -0.3 is 10.6 Å². The van der Waals surface area contributed by atoms with E-state index in [4.69, 9.17) is 5.73 Å². The van der Waals surface area contributed by atoms with Crippen molar-refractivity contribution in [2.24, 2.45) is 11.7 Å². The molecule has 3 fully saturated rings. The second-order valence-electron chi connectivity index (χ2n) is 7.36. The Morgan fingerprint density at radius 1 is 1.05 bits per heavy atom. The van der Waals surface area contributed by atoms with Gasteiger partial charge >= 0.3 is 0 Å². The van der Waals surface area contributed by atoms with E-state index < -0.39 is 0 Å². The van der Waals surface area contributed by atoms with Crippen molar-refractivity contribution < 1.29 is 0 Å². The number of rotatable bonds is 4. The quantitative estimate of drug-likeness (QED) is 0.858. The molecule has 1 saturated carbocycles. The minimum Gasteiger partial charge on any atom is -0.329 e. The van der Waals surface area contributed by atoms with Crippen LogP contribution < -0.4 is 5.73 Å². The van der Waals surface area contributed by atoms with E-state index in [1.165, 1.54) is 77.5 Å². The molecule has 2 unspecified atom stereocenters. The van der Waals surface area contributed by atoms with Gasteiger partial charge in [-0.15, -0.1) is 0 Å². The lowest BCUT2D eigenvalue weighted by atomic mass is 9.80. The van der Waals surface area contributed by atoms with Crippen molar-refractivity contribution in [3.8, 4) is 0 Å². The number of nitrogens with two attached hydrogens (primary N) is 1. The summed E-state index contributed by atoms with van der Waals surface area (Å²) in [6.07, 6.45) is 11.1. The highest BCUT2D eigenvalue weighted by atomic mass is 15.3. The van der Waals surface area contributed by atoms with Crippen molar-refractivity contribution in [2.75, 3.05) is 32.7 Å². The summed E-state index contributed by atoms with van der Waals surface area (Å²) in [5.74, 6) is 0.987. The van der Waals surface area contributed by atoms with Crippen LogP contribution in [0.3, 0.4) is 0 Å². The van der Waals surface area contributed by atoms with Crippen LogP contribution in [-0.4, -0.2) is 54.1 Å². The molecule has 2 atom stereocenters. The van der Waals surface area contributed by atoms with Crippen molar-refractivity contribution >= 4 is 0 Å². The van der Waals surface area contributed by atoms with E-state index in [0.717, 1.165) is 18.5 Å². The van der Waals surface area contributed by atoms with Gasteiger partial charge in [0.2, 0.25) is 0 Å². The number of nitrogens with zero attached hydrogens (tertiary/aromatic N) is 2. The molecule has 0 aromatic heterocycles. The predicted octanol–water partition coefficient (Wildman–Crippen LogP) is 2.45. The lowest BCUT2D eigenvalue weighted by molar-refractivity contribution is -0.0331. The molecule has 3 heteroatoms. The Labute approximate surface area is 124 Å². The van der Waals surface area contributed by atoms with Crippen molar-refractivity contribution in [1.82, 2.24) is 9.80 Å². The van der Waals surface area contributed by atoms with Crippen LogP contribution in [0.5, 0.6) is 0 Å². The highest BCUT2D eigenvalue weighted by molar-refractivity contribution is 5.02. The van der Waals surface area contributed by atoms with Crippen LogP contribution in [0.1, 0.15) is 58.3 Å². The van der Waals surface area contributed by atoms with Crippen LogP contribution >= 0.6 is 0 Å². The van der Waals surface area contributed by atoms with Gasteiger partial charge in [0.05, 0.1) is 0 Å². The molecule has 0 radical (unpaired) electrons. The average Bonchev–Trinajstić information content (AvgIpc) is 2.97. The summed E-state index contributed by atoms with van der Waals surface area (Å²) >= 11 is 0. The van der Waals surface area contributed by atoms with Gasteiger partial charge in [0, 0.05) is 18.1 Å². The Kier molecular flexibility index (Phi) is 4.68. The summed E-state index contributed by atoms with van der Waals surface area (Å²) in [5.41, 5.74) is 6.64. The maximum absolute atomic E-state index is 6.31. The van der Waals surface area contributed by atoms with Gasteiger partial charge in [0.1, 0.15) is 0 Å². The number of likely N-dealkylation sites (tertiary alicyclic amines) is 2. The monoisotopic (exact) mass is 279 g/mol. The van der Waals surface area contributed by atoms with E-state index in [1.807, 2.05) is 0 Å². The Bertz CT molecular complexity index is 309. The highest BCUT2D eigenvalue weighted by Gasteiger charge is 2.46. The molecular formula is C17H33N3. The first-order valence-electron chi connectivity index (χ1n) is 8.98. The summed E-state index contributed by atoms with van der Waals surface area (Å²) in [4.78, 5) is 5.53. The lowest BCUT2D eigenvalue weighted by Crippen LogP contribution is -2.64. The Hall–Kier alpha value is -0.120. The van der Waals surface area contributed by atoms with Crippen LogP contribution in [0.4, 0.5) is 0 Å². The summed E-state index contributed by atoms with van der Waals surface area (Å²) in [7, 11) is 0. The first-order chi connectivity index (χ1) is 9.79. The predicted molar refractivity (Wildman–Crippen MR) is 84.8 cm³/mol. The minimum atomic E-state index is 0.331. The van der Waals surface area contributed by atoms with Gasteiger partial charge in [-0.25, -0.2) is 0 Å². The first kappa shape index (κ1) is 14.8.